The van der Waals surface area contributed by atoms with Gasteiger partial charge in [-0.15, -0.1) is 0 Å². The Hall–Kier alpha value is -4.19. The lowest BCUT2D eigenvalue weighted by atomic mass is 10.0. The quantitative estimate of drug-likeness (QED) is 0.326. The molecule has 38 heavy (non-hydrogen) atoms. The number of pyridine rings is 1. The van der Waals surface area contributed by atoms with Crippen LogP contribution < -0.4 is 5.73 Å². The number of anilines is 1. The number of aliphatic hydroxyl groups is 1. The van der Waals surface area contributed by atoms with Crippen LogP contribution in [-0.2, 0) is 12.8 Å². The number of nitrogen functional groups attached to an aromatic ring is 1. The minimum atomic E-state index is -0.532. The van der Waals surface area contributed by atoms with Crippen LogP contribution in [0, 0.1) is 0 Å². The largest absolute Gasteiger partial charge is 0.387 e. The third kappa shape index (κ3) is 3.92. The van der Waals surface area contributed by atoms with Gasteiger partial charge in [-0.3, -0.25) is 19.7 Å². The van der Waals surface area contributed by atoms with Gasteiger partial charge in [0.25, 0.3) is 5.91 Å². The fraction of sp³-hybridized carbons (Fsp3) is 0.423. The molecule has 3 atom stereocenters. The Morgan fingerprint density at radius 2 is 2.05 bits per heavy atom. The number of nitrogens with two attached hydrogens (primary N) is 1. The van der Waals surface area contributed by atoms with E-state index in [0.29, 0.717) is 41.9 Å². The van der Waals surface area contributed by atoms with E-state index in [4.69, 9.17) is 10.7 Å². The second kappa shape index (κ2) is 9.28. The number of H-pyrrole nitrogens is 1. The highest BCUT2D eigenvalue weighted by molar-refractivity contribution is 6.00. The van der Waals surface area contributed by atoms with Crippen LogP contribution >= 0.6 is 0 Å². The van der Waals surface area contributed by atoms with Crippen molar-refractivity contribution < 1.29 is 14.7 Å². The number of rotatable bonds is 6. The molecule has 4 aromatic heterocycles. The van der Waals surface area contributed by atoms with Crippen LogP contribution in [0.4, 0.5) is 5.82 Å². The van der Waals surface area contributed by atoms with Gasteiger partial charge in [0.2, 0.25) is 5.82 Å². The van der Waals surface area contributed by atoms with Crippen LogP contribution in [0.1, 0.15) is 83.6 Å². The first-order valence-electron chi connectivity index (χ1n) is 12.9. The second-order valence-corrected chi connectivity index (χ2v) is 10.2. The fourth-order valence-corrected chi connectivity index (χ4v) is 5.88. The number of aromatic amines is 1. The smallest absolute Gasteiger partial charge is 0.291 e. The number of carbonyl (C=O) groups is 2. The highest BCUT2D eigenvalue weighted by Gasteiger charge is 2.36. The molecule has 0 radical (unpaired) electrons. The predicted octanol–water partition coefficient (Wildman–Crippen LogP) is 2.30. The number of nitrogens with zero attached hydrogens (tertiary/aromatic N) is 7. The van der Waals surface area contributed by atoms with Crippen LogP contribution in [0.15, 0.2) is 24.8 Å². The van der Waals surface area contributed by atoms with E-state index in [-0.39, 0.29) is 35.4 Å². The lowest BCUT2D eigenvalue weighted by molar-refractivity contribution is 0.0659. The first-order chi connectivity index (χ1) is 18.3. The summed E-state index contributed by atoms with van der Waals surface area (Å²) in [5, 5.41) is 21.0. The van der Waals surface area contributed by atoms with Crippen molar-refractivity contribution in [3.8, 4) is 11.1 Å². The van der Waals surface area contributed by atoms with Gasteiger partial charge in [0.15, 0.2) is 11.4 Å². The molecule has 0 spiro atoms. The molecule has 4 aromatic rings. The number of nitrogens with one attached hydrogen (secondary N) is 1. The summed E-state index contributed by atoms with van der Waals surface area (Å²) < 4.78 is 1.50. The molecule has 196 valence electrons. The topological polar surface area (TPSA) is 168 Å². The molecule has 2 aliphatic rings. The first-order valence-corrected chi connectivity index (χ1v) is 12.9. The minimum absolute atomic E-state index is 0.0293. The van der Waals surface area contributed by atoms with Crippen molar-refractivity contribution in [1.29, 1.82) is 0 Å². The van der Waals surface area contributed by atoms with Crippen LogP contribution in [0.3, 0.4) is 0 Å². The van der Waals surface area contributed by atoms with E-state index in [1.165, 1.54) is 17.8 Å². The average molecular weight is 516 g/mol. The molecular formula is C26H29N9O3. The summed E-state index contributed by atoms with van der Waals surface area (Å²) in [5.41, 5.74) is 11.2. The molecule has 0 aromatic carbocycles. The summed E-state index contributed by atoms with van der Waals surface area (Å²) in [5.74, 6) is 0.0880. The third-order valence-electron chi connectivity index (χ3n) is 7.78. The molecule has 12 heteroatoms. The van der Waals surface area contributed by atoms with Gasteiger partial charge in [-0.05, 0) is 64.0 Å². The van der Waals surface area contributed by atoms with Gasteiger partial charge in [0.05, 0.1) is 29.3 Å². The lowest BCUT2D eigenvalue weighted by Gasteiger charge is -2.28. The molecule has 1 saturated heterocycles. The van der Waals surface area contributed by atoms with E-state index in [2.05, 4.69) is 25.3 Å². The fourth-order valence-electron chi connectivity index (χ4n) is 5.88. The molecule has 0 bridgehead atoms. The van der Waals surface area contributed by atoms with E-state index >= 15 is 0 Å². The van der Waals surface area contributed by atoms with Gasteiger partial charge in [0.1, 0.15) is 12.1 Å². The zero-order valence-electron chi connectivity index (χ0n) is 21.3. The molecule has 4 N–H and O–H groups in total. The number of amides is 1. The van der Waals surface area contributed by atoms with Gasteiger partial charge < -0.3 is 15.7 Å². The Labute approximate surface area is 218 Å². The average Bonchev–Trinajstić information content (AvgIpc) is 3.69. The SMILES string of the molecule is CC(=O)c1c(CCC2CCC(C)N2C(=O)c2ncn[nH]2)nc2c(-c3cnc4c(c3)CCC4O)cnn2c1N. The first kappa shape index (κ1) is 24.2. The highest BCUT2D eigenvalue weighted by Crippen LogP contribution is 2.34. The molecule has 5 heterocycles. The van der Waals surface area contributed by atoms with Gasteiger partial charge >= 0.3 is 0 Å². The molecule has 12 nitrogen and oxygen atoms in total. The van der Waals surface area contributed by atoms with Crippen molar-refractivity contribution >= 4 is 23.2 Å². The number of aliphatic hydroxyl groups excluding tert-OH is 1. The zero-order valence-corrected chi connectivity index (χ0v) is 21.3. The van der Waals surface area contributed by atoms with E-state index in [1.54, 1.807) is 12.4 Å². The Morgan fingerprint density at radius 3 is 2.82 bits per heavy atom. The third-order valence-corrected chi connectivity index (χ3v) is 7.78. The highest BCUT2D eigenvalue weighted by atomic mass is 16.3. The number of hydrogen-bond donors (Lipinski definition) is 3. The summed E-state index contributed by atoms with van der Waals surface area (Å²) in [4.78, 5) is 41.0. The van der Waals surface area contributed by atoms with E-state index in [9.17, 15) is 14.7 Å². The van der Waals surface area contributed by atoms with Crippen LogP contribution in [-0.4, -0.2) is 68.5 Å². The molecule has 1 fully saturated rings. The monoisotopic (exact) mass is 515 g/mol. The lowest BCUT2D eigenvalue weighted by Crippen LogP contribution is -2.40. The Balaban J connectivity index is 1.34. The van der Waals surface area contributed by atoms with Gasteiger partial charge in [-0.25, -0.2) is 9.97 Å². The number of Topliss-reactive ketones (excluding diaryl/α,β-unsaturated/α-hetero) is 1. The number of aryl methyl sites for hydroxylation is 2. The standard InChI is InChI=1S/C26H29N9O3/c1-13-3-5-17(34(13)26(38)24-29-12-30-33-24)6-7-19-21(14(2)36)23(27)35-25(32-19)18(11-31-35)16-9-15-4-8-20(37)22(15)28-10-16/h9-13,17,20,37H,3-8,27H2,1-2H3,(H,29,30,33). The summed E-state index contributed by atoms with van der Waals surface area (Å²) >= 11 is 0. The van der Waals surface area contributed by atoms with Gasteiger partial charge in [0, 0.05) is 29.4 Å². The molecule has 1 amide bonds. The predicted molar refractivity (Wildman–Crippen MR) is 137 cm³/mol. The Kier molecular flexibility index (Phi) is 5.90. The van der Waals surface area contributed by atoms with Crippen LogP contribution in [0.5, 0.6) is 0 Å². The molecule has 0 saturated carbocycles. The zero-order chi connectivity index (χ0) is 26.6. The van der Waals surface area contributed by atoms with Gasteiger partial charge in [-0.1, -0.05) is 0 Å². The van der Waals surface area contributed by atoms with Crippen LogP contribution in [0.2, 0.25) is 0 Å². The maximum Gasteiger partial charge on any atom is 0.291 e. The van der Waals surface area contributed by atoms with E-state index in [1.807, 2.05) is 17.9 Å². The molecule has 6 rings (SSSR count). The summed E-state index contributed by atoms with van der Waals surface area (Å²) in [6, 6.07) is 2.05. The van der Waals surface area contributed by atoms with Gasteiger partial charge in [-0.2, -0.15) is 14.7 Å². The number of ketones is 1. The van der Waals surface area contributed by atoms with Crippen molar-refractivity contribution in [2.24, 2.45) is 0 Å². The van der Waals surface area contributed by atoms with Crippen molar-refractivity contribution in [1.82, 2.24) is 39.7 Å². The van der Waals surface area contributed by atoms with Crippen molar-refractivity contribution in [2.75, 3.05) is 5.73 Å². The van der Waals surface area contributed by atoms with Crippen LogP contribution in [0.25, 0.3) is 16.8 Å². The normalized spacial score (nSPS) is 20.8. The number of aromatic nitrogens is 7. The minimum Gasteiger partial charge on any atom is -0.387 e. The second-order valence-electron chi connectivity index (χ2n) is 10.2. The molecule has 1 aliphatic heterocycles. The maximum atomic E-state index is 13.1. The molecular weight excluding hydrogens is 486 g/mol. The van der Waals surface area contributed by atoms with E-state index < -0.39 is 6.10 Å². The number of carbonyl (C=O) groups excluding carboxylic acids is 2. The summed E-state index contributed by atoms with van der Waals surface area (Å²) in [6.07, 6.45) is 8.42. The summed E-state index contributed by atoms with van der Waals surface area (Å²) in [6.45, 7) is 3.50. The molecule has 1 aliphatic carbocycles. The van der Waals surface area contributed by atoms with Crippen molar-refractivity contribution in [2.45, 2.75) is 70.6 Å². The molecule has 3 unspecified atom stereocenters. The van der Waals surface area contributed by atoms with Crippen molar-refractivity contribution in [3.63, 3.8) is 0 Å². The number of likely N-dealkylation sites (tertiary alicyclic amines) is 1. The van der Waals surface area contributed by atoms with E-state index in [0.717, 1.165) is 36.0 Å². The van der Waals surface area contributed by atoms with Crippen molar-refractivity contribution in [3.05, 3.63) is 53.1 Å². The number of hydrogen-bond acceptors (Lipinski definition) is 9. The Bertz CT molecular complexity index is 1550. The summed E-state index contributed by atoms with van der Waals surface area (Å²) in [7, 11) is 0. The maximum absolute atomic E-state index is 13.1. The number of fused-ring (bicyclic) bond motifs is 2. The Morgan fingerprint density at radius 1 is 1.21 bits per heavy atom.